The lowest BCUT2D eigenvalue weighted by atomic mass is 10.4. The zero-order valence-electron chi connectivity index (χ0n) is 9.09. The molecule has 2 N–H and O–H groups in total. The Labute approximate surface area is 84.8 Å². The van der Waals surface area contributed by atoms with Crippen molar-refractivity contribution in [1.82, 2.24) is 15.5 Å². The number of carbonyl (C=O) groups is 2. The highest BCUT2D eigenvalue weighted by Crippen LogP contribution is 1.88. The van der Waals surface area contributed by atoms with Crippen molar-refractivity contribution in [3.05, 3.63) is 0 Å². The van der Waals surface area contributed by atoms with Gasteiger partial charge in [0.2, 0.25) is 11.8 Å². The monoisotopic (exact) mass is 201 g/mol. The summed E-state index contributed by atoms with van der Waals surface area (Å²) in [5, 5.41) is 5.42. The molecule has 0 fully saturated rings. The van der Waals surface area contributed by atoms with Crippen LogP contribution in [0, 0.1) is 0 Å². The Kier molecular flexibility index (Phi) is 6.74. The summed E-state index contributed by atoms with van der Waals surface area (Å²) in [5.74, 6) is -0.167. The molecule has 0 aromatic heterocycles. The molecule has 0 radical (unpaired) electrons. The predicted molar refractivity (Wildman–Crippen MR) is 54.9 cm³/mol. The molecule has 82 valence electrons. The molecule has 5 heteroatoms. The summed E-state index contributed by atoms with van der Waals surface area (Å²) < 4.78 is 0. The van der Waals surface area contributed by atoms with E-state index in [9.17, 15) is 9.59 Å². The van der Waals surface area contributed by atoms with E-state index < -0.39 is 0 Å². The van der Waals surface area contributed by atoms with Crippen molar-refractivity contribution in [2.75, 3.05) is 33.2 Å². The number of carbonyl (C=O) groups excluding carboxylic acids is 2. The molecule has 0 rings (SSSR count). The van der Waals surface area contributed by atoms with E-state index in [1.54, 1.807) is 7.05 Å². The Balaban J connectivity index is 4.01. The van der Waals surface area contributed by atoms with Gasteiger partial charge >= 0.3 is 0 Å². The minimum atomic E-state index is -0.112. The van der Waals surface area contributed by atoms with Crippen molar-refractivity contribution in [2.24, 2.45) is 0 Å². The topological polar surface area (TPSA) is 61.4 Å². The lowest BCUT2D eigenvalue weighted by Crippen LogP contribution is -2.43. The number of hydrogen-bond acceptors (Lipinski definition) is 3. The third-order valence-corrected chi connectivity index (χ3v) is 1.77. The minimum absolute atomic E-state index is 0.0544. The van der Waals surface area contributed by atoms with Crippen LogP contribution in [0.4, 0.5) is 0 Å². The molecule has 0 saturated heterocycles. The van der Waals surface area contributed by atoms with Crippen molar-refractivity contribution in [1.29, 1.82) is 0 Å². The van der Waals surface area contributed by atoms with E-state index in [0.29, 0.717) is 13.1 Å². The molecule has 0 aliphatic rings. The summed E-state index contributed by atoms with van der Waals surface area (Å²) in [6, 6.07) is 0. The first-order chi connectivity index (χ1) is 6.65. The fourth-order valence-corrected chi connectivity index (χ4v) is 1.07. The van der Waals surface area contributed by atoms with E-state index >= 15 is 0 Å². The maximum atomic E-state index is 11.4. The number of likely N-dealkylation sites (N-methyl/N-ethyl adjacent to an activating group) is 3. The summed E-state index contributed by atoms with van der Waals surface area (Å²) >= 11 is 0. The average Bonchev–Trinajstić information content (AvgIpc) is 2.15. The van der Waals surface area contributed by atoms with Gasteiger partial charge in [-0.25, -0.2) is 0 Å². The van der Waals surface area contributed by atoms with Crippen molar-refractivity contribution >= 4 is 11.8 Å². The van der Waals surface area contributed by atoms with Gasteiger partial charge in [0.05, 0.1) is 13.1 Å². The second-order valence-corrected chi connectivity index (χ2v) is 2.89. The fraction of sp³-hybridized carbons (Fsp3) is 0.778. The van der Waals surface area contributed by atoms with E-state index in [1.807, 2.05) is 13.8 Å². The largest absolute Gasteiger partial charge is 0.355 e. The molecule has 0 aliphatic carbocycles. The molecule has 0 unspecified atom stereocenters. The Morgan fingerprint density at radius 1 is 1.29 bits per heavy atom. The Bertz CT molecular complexity index is 194. The van der Waals surface area contributed by atoms with Crippen LogP contribution in [0.1, 0.15) is 13.8 Å². The van der Waals surface area contributed by atoms with E-state index in [2.05, 4.69) is 10.6 Å². The number of hydrogen-bond donors (Lipinski definition) is 2. The Hall–Kier alpha value is -1.10. The third-order valence-electron chi connectivity index (χ3n) is 1.77. The number of rotatable bonds is 6. The van der Waals surface area contributed by atoms with Gasteiger partial charge in [0.25, 0.3) is 0 Å². The first-order valence-corrected chi connectivity index (χ1v) is 4.84. The molecule has 0 spiro atoms. The second-order valence-electron chi connectivity index (χ2n) is 2.89. The van der Waals surface area contributed by atoms with Crippen LogP contribution in [-0.2, 0) is 9.59 Å². The van der Waals surface area contributed by atoms with Gasteiger partial charge in [-0.15, -0.1) is 0 Å². The van der Waals surface area contributed by atoms with E-state index in [0.717, 1.165) is 0 Å². The summed E-state index contributed by atoms with van der Waals surface area (Å²) in [4.78, 5) is 24.1. The quantitative estimate of drug-likeness (QED) is 0.591. The van der Waals surface area contributed by atoms with Crippen molar-refractivity contribution in [2.45, 2.75) is 13.8 Å². The summed E-state index contributed by atoms with van der Waals surface area (Å²) in [6.45, 7) is 5.27. The van der Waals surface area contributed by atoms with Crippen LogP contribution < -0.4 is 10.6 Å². The summed E-state index contributed by atoms with van der Waals surface area (Å²) in [7, 11) is 1.71. The van der Waals surface area contributed by atoms with Crippen LogP contribution in [0.5, 0.6) is 0 Å². The van der Waals surface area contributed by atoms with Crippen molar-refractivity contribution < 1.29 is 9.59 Å². The molecule has 0 aliphatic heterocycles. The molecule has 0 aromatic rings. The molecule has 5 nitrogen and oxygen atoms in total. The average molecular weight is 201 g/mol. The predicted octanol–water partition coefficient (Wildman–Crippen LogP) is -0.810. The van der Waals surface area contributed by atoms with Crippen LogP contribution in [-0.4, -0.2) is 49.9 Å². The zero-order valence-corrected chi connectivity index (χ0v) is 9.09. The second kappa shape index (κ2) is 7.32. The SMILES string of the molecule is CCNC(=O)CN(CC)C(=O)CNC. The molecule has 14 heavy (non-hydrogen) atoms. The molecular weight excluding hydrogens is 182 g/mol. The minimum Gasteiger partial charge on any atom is -0.355 e. The van der Waals surface area contributed by atoms with Gasteiger partial charge in [-0.2, -0.15) is 0 Å². The van der Waals surface area contributed by atoms with Gasteiger partial charge in [0.15, 0.2) is 0 Å². The van der Waals surface area contributed by atoms with Gasteiger partial charge in [0, 0.05) is 13.1 Å². The van der Waals surface area contributed by atoms with Crippen LogP contribution in [0.25, 0.3) is 0 Å². The van der Waals surface area contributed by atoms with E-state index in [4.69, 9.17) is 0 Å². The number of nitrogens with zero attached hydrogens (tertiary/aromatic N) is 1. The third kappa shape index (κ3) is 4.81. The molecular formula is C9H19N3O2. The van der Waals surface area contributed by atoms with Gasteiger partial charge in [0.1, 0.15) is 0 Å². The molecule has 0 heterocycles. The fourth-order valence-electron chi connectivity index (χ4n) is 1.07. The van der Waals surface area contributed by atoms with E-state index in [1.165, 1.54) is 4.90 Å². The standard InChI is InChI=1S/C9H19N3O2/c1-4-11-8(13)7-12(5-2)9(14)6-10-3/h10H,4-7H2,1-3H3,(H,11,13). The molecule has 2 amide bonds. The van der Waals surface area contributed by atoms with Crippen LogP contribution in [0.3, 0.4) is 0 Å². The summed E-state index contributed by atoms with van der Waals surface area (Å²) in [6.07, 6.45) is 0. The highest BCUT2D eigenvalue weighted by Gasteiger charge is 2.13. The van der Waals surface area contributed by atoms with Gasteiger partial charge in [-0.05, 0) is 20.9 Å². The number of amides is 2. The molecule has 0 atom stereocenters. The molecule has 0 saturated carbocycles. The highest BCUT2D eigenvalue weighted by molar-refractivity contribution is 5.85. The lowest BCUT2D eigenvalue weighted by Gasteiger charge is -2.19. The van der Waals surface area contributed by atoms with Crippen molar-refractivity contribution in [3.8, 4) is 0 Å². The summed E-state index contributed by atoms with van der Waals surface area (Å²) in [5.41, 5.74) is 0. The normalized spacial score (nSPS) is 9.64. The highest BCUT2D eigenvalue weighted by atomic mass is 16.2. The Morgan fingerprint density at radius 3 is 2.36 bits per heavy atom. The first-order valence-electron chi connectivity index (χ1n) is 4.84. The van der Waals surface area contributed by atoms with Gasteiger partial charge in [-0.1, -0.05) is 0 Å². The Morgan fingerprint density at radius 2 is 1.93 bits per heavy atom. The zero-order chi connectivity index (χ0) is 11.0. The van der Waals surface area contributed by atoms with E-state index in [-0.39, 0.29) is 24.9 Å². The smallest absolute Gasteiger partial charge is 0.239 e. The maximum Gasteiger partial charge on any atom is 0.239 e. The van der Waals surface area contributed by atoms with Crippen LogP contribution >= 0.6 is 0 Å². The lowest BCUT2D eigenvalue weighted by molar-refractivity contribution is -0.135. The first kappa shape index (κ1) is 12.9. The van der Waals surface area contributed by atoms with Gasteiger partial charge in [-0.3, -0.25) is 9.59 Å². The number of nitrogens with one attached hydrogen (secondary N) is 2. The van der Waals surface area contributed by atoms with Crippen LogP contribution in [0.2, 0.25) is 0 Å². The van der Waals surface area contributed by atoms with Crippen LogP contribution in [0.15, 0.2) is 0 Å². The van der Waals surface area contributed by atoms with Gasteiger partial charge < -0.3 is 15.5 Å². The van der Waals surface area contributed by atoms with Crippen molar-refractivity contribution in [3.63, 3.8) is 0 Å². The molecule has 0 bridgehead atoms. The maximum absolute atomic E-state index is 11.4. The molecule has 0 aromatic carbocycles.